The van der Waals surface area contributed by atoms with Gasteiger partial charge in [0.1, 0.15) is 0 Å². The summed E-state index contributed by atoms with van der Waals surface area (Å²) in [5, 5.41) is 11.1. The van der Waals surface area contributed by atoms with Gasteiger partial charge in [-0.2, -0.15) is 0 Å². The lowest BCUT2D eigenvalue weighted by atomic mass is 9.70. The molecule has 1 aromatic heterocycles. The highest BCUT2D eigenvalue weighted by molar-refractivity contribution is 5.45. The monoisotopic (exact) mass is 258 g/mol. The number of pyridine rings is 1. The summed E-state index contributed by atoms with van der Waals surface area (Å²) in [5.41, 5.74) is 7.28. The zero-order valence-corrected chi connectivity index (χ0v) is 11.3. The lowest BCUT2D eigenvalue weighted by Gasteiger charge is -2.39. The van der Waals surface area contributed by atoms with Gasteiger partial charge in [0.25, 0.3) is 0 Å². The van der Waals surface area contributed by atoms with Gasteiger partial charge in [-0.1, -0.05) is 6.42 Å². The molecule has 0 spiro atoms. The van der Waals surface area contributed by atoms with Crippen LogP contribution in [0.15, 0.2) is 18.5 Å². The van der Waals surface area contributed by atoms with E-state index in [1.54, 1.807) is 6.20 Å². The molecule has 3 aliphatic carbocycles. The highest BCUT2D eigenvalue weighted by Gasteiger charge is 2.60. The van der Waals surface area contributed by atoms with Crippen LogP contribution >= 0.6 is 0 Å². The fraction of sp³-hybridized carbons (Fsp3) is 0.688. The van der Waals surface area contributed by atoms with E-state index in [1.165, 1.54) is 25.7 Å². The number of fused-ring (bicyclic) bond motifs is 5. The molecule has 19 heavy (non-hydrogen) atoms. The van der Waals surface area contributed by atoms with E-state index in [9.17, 15) is 5.11 Å². The van der Waals surface area contributed by atoms with Gasteiger partial charge in [-0.05, 0) is 61.0 Å². The Morgan fingerprint density at radius 3 is 3.05 bits per heavy atom. The van der Waals surface area contributed by atoms with Crippen LogP contribution in [0.4, 0.5) is 5.69 Å². The Labute approximate surface area is 114 Å². The molecule has 2 bridgehead atoms. The van der Waals surface area contributed by atoms with Crippen molar-refractivity contribution >= 4 is 5.69 Å². The fourth-order valence-electron chi connectivity index (χ4n) is 5.35. The molecule has 1 heterocycles. The summed E-state index contributed by atoms with van der Waals surface area (Å²) in [7, 11) is 0. The molecule has 1 aromatic rings. The minimum absolute atomic E-state index is 0.504. The molecule has 0 saturated heterocycles. The molecule has 3 heteroatoms. The van der Waals surface area contributed by atoms with E-state index in [2.05, 4.69) is 4.98 Å². The smallest absolute Gasteiger partial charge is 0.0722 e. The molecule has 3 nitrogen and oxygen atoms in total. The van der Waals surface area contributed by atoms with Crippen LogP contribution in [-0.4, -0.2) is 15.7 Å². The van der Waals surface area contributed by atoms with Gasteiger partial charge < -0.3 is 10.8 Å². The maximum absolute atomic E-state index is 11.1. The van der Waals surface area contributed by atoms with Crippen molar-refractivity contribution in [2.24, 2.45) is 23.7 Å². The lowest BCUT2D eigenvalue weighted by Crippen LogP contribution is -2.43. The number of nitrogens with zero attached hydrogens (tertiary/aromatic N) is 1. The molecule has 3 aliphatic rings. The second-order valence-corrected chi connectivity index (χ2v) is 6.92. The predicted molar refractivity (Wildman–Crippen MR) is 74.3 cm³/mol. The molecular weight excluding hydrogens is 236 g/mol. The summed E-state index contributed by atoms with van der Waals surface area (Å²) in [4.78, 5) is 4.16. The van der Waals surface area contributed by atoms with E-state index in [-0.39, 0.29) is 0 Å². The first-order valence-electron chi connectivity index (χ1n) is 7.58. The van der Waals surface area contributed by atoms with Gasteiger partial charge in [0.2, 0.25) is 0 Å². The molecular formula is C16H22N2O. The maximum Gasteiger partial charge on any atom is 0.0722 e. The third-order valence-electron chi connectivity index (χ3n) is 6.05. The molecule has 3 N–H and O–H groups in total. The quantitative estimate of drug-likeness (QED) is 0.856. The zero-order chi connectivity index (χ0) is 13.0. The van der Waals surface area contributed by atoms with Crippen LogP contribution in [-0.2, 0) is 6.42 Å². The van der Waals surface area contributed by atoms with Crippen LogP contribution in [0, 0.1) is 23.7 Å². The standard InChI is InChI=1S/C16H22N2O/c17-15-4-5-18-9-11(15)8-16(19)7-10-6-14(16)13-3-1-2-12(10)13/h4-5,9-10,12-14,19H,1-3,6-8H2,(H2,17,18). The predicted octanol–water partition coefficient (Wildman–Crippen LogP) is 2.39. The number of aromatic nitrogens is 1. The number of anilines is 1. The number of nitrogen functional groups attached to an aromatic ring is 1. The van der Waals surface area contributed by atoms with E-state index in [1.807, 2.05) is 12.3 Å². The van der Waals surface area contributed by atoms with Crippen LogP contribution in [0.25, 0.3) is 0 Å². The molecule has 0 radical (unpaired) electrons. The Bertz CT molecular complexity index is 503. The number of rotatable bonds is 2. The summed E-state index contributed by atoms with van der Waals surface area (Å²) in [6.45, 7) is 0. The van der Waals surface area contributed by atoms with Crippen molar-refractivity contribution in [1.29, 1.82) is 0 Å². The molecule has 4 rings (SSSR count). The number of hydrogen-bond donors (Lipinski definition) is 2. The van der Waals surface area contributed by atoms with Gasteiger partial charge in [0.05, 0.1) is 5.60 Å². The van der Waals surface area contributed by atoms with Crippen molar-refractivity contribution in [3.8, 4) is 0 Å². The Morgan fingerprint density at radius 1 is 1.37 bits per heavy atom. The van der Waals surface area contributed by atoms with Crippen molar-refractivity contribution in [2.45, 2.75) is 44.1 Å². The first-order valence-corrected chi connectivity index (χ1v) is 7.58. The molecule has 102 valence electrons. The molecule has 5 atom stereocenters. The van der Waals surface area contributed by atoms with Crippen LogP contribution in [0.2, 0.25) is 0 Å². The van der Waals surface area contributed by atoms with Crippen molar-refractivity contribution in [3.63, 3.8) is 0 Å². The second kappa shape index (κ2) is 3.95. The van der Waals surface area contributed by atoms with Crippen LogP contribution in [0.1, 0.15) is 37.7 Å². The van der Waals surface area contributed by atoms with E-state index < -0.39 is 5.60 Å². The Balaban J connectivity index is 1.60. The maximum atomic E-state index is 11.1. The second-order valence-electron chi connectivity index (χ2n) is 6.92. The highest BCUT2D eigenvalue weighted by atomic mass is 16.3. The Morgan fingerprint density at radius 2 is 2.21 bits per heavy atom. The van der Waals surface area contributed by atoms with Crippen LogP contribution in [0.5, 0.6) is 0 Å². The average Bonchev–Trinajstić information content (AvgIpc) is 3.02. The summed E-state index contributed by atoms with van der Waals surface area (Å²) >= 11 is 0. The molecule has 5 unspecified atom stereocenters. The van der Waals surface area contributed by atoms with Crippen molar-refractivity contribution in [1.82, 2.24) is 4.98 Å². The van der Waals surface area contributed by atoms with Crippen LogP contribution < -0.4 is 5.73 Å². The summed E-state index contributed by atoms with van der Waals surface area (Å²) in [6, 6.07) is 1.84. The molecule has 0 aromatic carbocycles. The normalized spacial score (nSPS) is 43.6. The SMILES string of the molecule is Nc1ccncc1CC1(O)CC2CC1C1CCCC21. The number of aliphatic hydroxyl groups is 1. The van der Waals surface area contributed by atoms with E-state index in [0.717, 1.165) is 35.4 Å². The molecule has 0 amide bonds. The van der Waals surface area contributed by atoms with Crippen molar-refractivity contribution < 1.29 is 5.11 Å². The minimum Gasteiger partial charge on any atom is -0.398 e. The summed E-state index contributed by atoms with van der Waals surface area (Å²) in [6.07, 6.45) is 10.6. The topological polar surface area (TPSA) is 59.1 Å². The first-order chi connectivity index (χ1) is 9.17. The van der Waals surface area contributed by atoms with Crippen molar-refractivity contribution in [2.75, 3.05) is 5.73 Å². The van der Waals surface area contributed by atoms with Gasteiger partial charge in [0.15, 0.2) is 0 Å². The summed E-state index contributed by atoms with van der Waals surface area (Å²) in [5.74, 6) is 2.96. The highest BCUT2D eigenvalue weighted by Crippen LogP contribution is 2.63. The van der Waals surface area contributed by atoms with Gasteiger partial charge in [0, 0.05) is 24.5 Å². The van der Waals surface area contributed by atoms with E-state index in [4.69, 9.17) is 5.73 Å². The third-order valence-corrected chi connectivity index (χ3v) is 6.05. The number of nitrogens with two attached hydrogens (primary N) is 1. The third kappa shape index (κ3) is 1.64. The fourth-order valence-corrected chi connectivity index (χ4v) is 5.35. The van der Waals surface area contributed by atoms with E-state index in [0.29, 0.717) is 12.3 Å². The largest absolute Gasteiger partial charge is 0.398 e. The zero-order valence-electron chi connectivity index (χ0n) is 11.3. The van der Waals surface area contributed by atoms with Gasteiger partial charge in [-0.3, -0.25) is 4.98 Å². The summed E-state index contributed by atoms with van der Waals surface area (Å²) < 4.78 is 0. The van der Waals surface area contributed by atoms with Gasteiger partial charge >= 0.3 is 0 Å². The van der Waals surface area contributed by atoms with Crippen LogP contribution in [0.3, 0.4) is 0 Å². The number of hydrogen-bond acceptors (Lipinski definition) is 3. The Kier molecular flexibility index (Phi) is 2.44. The molecule has 3 saturated carbocycles. The van der Waals surface area contributed by atoms with Gasteiger partial charge in [-0.15, -0.1) is 0 Å². The Hall–Kier alpha value is -1.09. The average molecular weight is 258 g/mol. The molecule has 3 fully saturated rings. The lowest BCUT2D eigenvalue weighted by molar-refractivity contribution is -0.0449. The van der Waals surface area contributed by atoms with Crippen molar-refractivity contribution in [3.05, 3.63) is 24.0 Å². The van der Waals surface area contributed by atoms with E-state index >= 15 is 0 Å². The molecule has 0 aliphatic heterocycles. The first kappa shape index (κ1) is 11.7. The van der Waals surface area contributed by atoms with Gasteiger partial charge in [-0.25, -0.2) is 0 Å². The minimum atomic E-state index is -0.521.